The highest BCUT2D eigenvalue weighted by molar-refractivity contribution is 4.76. The second-order valence-electron chi connectivity index (χ2n) is 4.76. The molecule has 4 heteroatoms. The number of hydrogen-bond donors (Lipinski definition) is 1. The highest BCUT2D eigenvalue weighted by Gasteiger charge is 2.19. The van der Waals surface area contributed by atoms with Crippen LogP contribution in [0.25, 0.3) is 0 Å². The molecular formula is C12H27N3O. The Balaban J connectivity index is 2.03. The van der Waals surface area contributed by atoms with Crippen molar-refractivity contribution in [3.8, 4) is 0 Å². The molecule has 0 amide bonds. The van der Waals surface area contributed by atoms with Crippen LogP contribution in [0.1, 0.15) is 12.8 Å². The highest BCUT2D eigenvalue weighted by Crippen LogP contribution is 2.13. The number of nitrogens with one attached hydrogen (secondary N) is 1. The number of ether oxygens (including phenoxy) is 1. The molecule has 0 unspecified atom stereocenters. The first kappa shape index (κ1) is 13.9. The van der Waals surface area contributed by atoms with Crippen molar-refractivity contribution in [3.63, 3.8) is 0 Å². The fraction of sp³-hybridized carbons (Fsp3) is 1.00. The van der Waals surface area contributed by atoms with Crippen molar-refractivity contribution in [2.24, 2.45) is 0 Å². The zero-order valence-electron chi connectivity index (χ0n) is 11.0. The molecule has 96 valence electrons. The third-order valence-corrected chi connectivity index (χ3v) is 3.44. The van der Waals surface area contributed by atoms with Gasteiger partial charge in [0.25, 0.3) is 0 Å². The van der Waals surface area contributed by atoms with Gasteiger partial charge in [-0.2, -0.15) is 0 Å². The monoisotopic (exact) mass is 229 g/mol. The largest absolute Gasteiger partial charge is 0.383 e. The van der Waals surface area contributed by atoms with E-state index in [1.54, 1.807) is 7.11 Å². The Labute approximate surface area is 99.9 Å². The molecular weight excluding hydrogens is 202 g/mol. The SMILES string of the molecule is COCCNCCN(C)C1CCN(C)CC1. The molecule has 4 nitrogen and oxygen atoms in total. The van der Waals surface area contributed by atoms with E-state index in [2.05, 4.69) is 29.2 Å². The number of piperidine rings is 1. The number of rotatable bonds is 7. The molecule has 1 heterocycles. The van der Waals surface area contributed by atoms with E-state index in [-0.39, 0.29) is 0 Å². The Hall–Kier alpha value is -0.160. The van der Waals surface area contributed by atoms with E-state index in [4.69, 9.17) is 4.74 Å². The molecule has 1 aliphatic rings. The normalized spacial score (nSPS) is 19.5. The third-order valence-electron chi connectivity index (χ3n) is 3.44. The van der Waals surface area contributed by atoms with Crippen molar-refractivity contribution in [2.75, 3.05) is 60.5 Å². The molecule has 0 aromatic carbocycles. The summed E-state index contributed by atoms with van der Waals surface area (Å²) >= 11 is 0. The average Bonchev–Trinajstić information content (AvgIpc) is 2.29. The zero-order valence-corrected chi connectivity index (χ0v) is 11.0. The predicted octanol–water partition coefficient (Wildman–Crippen LogP) is 0.248. The van der Waals surface area contributed by atoms with E-state index in [0.717, 1.165) is 32.3 Å². The van der Waals surface area contributed by atoms with E-state index in [0.29, 0.717) is 0 Å². The van der Waals surface area contributed by atoms with Crippen molar-refractivity contribution in [3.05, 3.63) is 0 Å². The topological polar surface area (TPSA) is 27.7 Å². The maximum absolute atomic E-state index is 5.00. The molecule has 0 bridgehead atoms. The summed E-state index contributed by atoms with van der Waals surface area (Å²) < 4.78 is 5.00. The fourth-order valence-electron chi connectivity index (χ4n) is 2.17. The number of nitrogens with zero attached hydrogens (tertiary/aromatic N) is 2. The Morgan fingerprint density at radius 1 is 1.31 bits per heavy atom. The van der Waals surface area contributed by atoms with Crippen molar-refractivity contribution in [1.29, 1.82) is 0 Å². The Morgan fingerprint density at radius 2 is 2.00 bits per heavy atom. The minimum Gasteiger partial charge on any atom is -0.383 e. The van der Waals surface area contributed by atoms with Crippen LogP contribution < -0.4 is 5.32 Å². The quantitative estimate of drug-likeness (QED) is 0.633. The standard InChI is InChI=1S/C12H27N3O/c1-14-8-4-12(5-9-14)15(2)10-6-13-7-11-16-3/h12-13H,4-11H2,1-3H3. The molecule has 0 saturated carbocycles. The van der Waals surface area contributed by atoms with Crippen LogP contribution in [0.4, 0.5) is 0 Å². The second kappa shape index (κ2) is 8.01. The molecule has 16 heavy (non-hydrogen) atoms. The molecule has 1 N–H and O–H groups in total. The van der Waals surface area contributed by atoms with Gasteiger partial charge in [0.2, 0.25) is 0 Å². The number of methoxy groups -OCH3 is 1. The maximum atomic E-state index is 5.00. The summed E-state index contributed by atoms with van der Waals surface area (Å²) in [6, 6.07) is 0.778. The van der Waals surface area contributed by atoms with Gasteiger partial charge in [0.1, 0.15) is 0 Å². The van der Waals surface area contributed by atoms with Gasteiger partial charge in [0.15, 0.2) is 0 Å². The van der Waals surface area contributed by atoms with Crippen LogP contribution in [0.5, 0.6) is 0 Å². The number of likely N-dealkylation sites (N-methyl/N-ethyl adjacent to an activating group) is 1. The summed E-state index contributed by atoms with van der Waals surface area (Å²) in [7, 11) is 6.20. The van der Waals surface area contributed by atoms with Crippen LogP contribution in [0, 0.1) is 0 Å². The van der Waals surface area contributed by atoms with Crippen molar-refractivity contribution in [1.82, 2.24) is 15.1 Å². The molecule has 0 aromatic rings. The maximum Gasteiger partial charge on any atom is 0.0587 e. The molecule has 1 saturated heterocycles. The molecule has 1 aliphatic heterocycles. The van der Waals surface area contributed by atoms with Crippen molar-refractivity contribution in [2.45, 2.75) is 18.9 Å². The summed E-state index contributed by atoms with van der Waals surface area (Å²) in [5.74, 6) is 0. The van der Waals surface area contributed by atoms with Crippen LogP contribution in [0.15, 0.2) is 0 Å². The molecule has 1 fully saturated rings. The molecule has 0 aliphatic carbocycles. The van der Waals surface area contributed by atoms with E-state index in [1.807, 2.05) is 0 Å². The summed E-state index contributed by atoms with van der Waals surface area (Å²) in [6.45, 7) is 6.44. The van der Waals surface area contributed by atoms with Gasteiger partial charge in [-0.15, -0.1) is 0 Å². The Kier molecular flexibility index (Phi) is 6.96. The Bertz CT molecular complexity index is 170. The molecule has 0 radical (unpaired) electrons. The smallest absolute Gasteiger partial charge is 0.0587 e. The van der Waals surface area contributed by atoms with Crippen LogP contribution in [0.3, 0.4) is 0 Å². The van der Waals surface area contributed by atoms with Crippen LogP contribution in [-0.2, 0) is 4.74 Å². The second-order valence-corrected chi connectivity index (χ2v) is 4.76. The van der Waals surface area contributed by atoms with Crippen LogP contribution in [-0.4, -0.2) is 76.4 Å². The van der Waals surface area contributed by atoms with E-state index < -0.39 is 0 Å². The van der Waals surface area contributed by atoms with Crippen molar-refractivity contribution < 1.29 is 4.74 Å². The van der Waals surface area contributed by atoms with Gasteiger partial charge in [-0.25, -0.2) is 0 Å². The number of hydrogen-bond acceptors (Lipinski definition) is 4. The van der Waals surface area contributed by atoms with Gasteiger partial charge in [-0.05, 0) is 40.0 Å². The first-order chi connectivity index (χ1) is 7.74. The fourth-order valence-corrected chi connectivity index (χ4v) is 2.17. The van der Waals surface area contributed by atoms with Crippen LogP contribution in [0.2, 0.25) is 0 Å². The van der Waals surface area contributed by atoms with Gasteiger partial charge in [-0.3, -0.25) is 0 Å². The van der Waals surface area contributed by atoms with Crippen molar-refractivity contribution >= 4 is 0 Å². The zero-order chi connectivity index (χ0) is 11.8. The van der Waals surface area contributed by atoms with Gasteiger partial charge in [-0.1, -0.05) is 0 Å². The highest BCUT2D eigenvalue weighted by atomic mass is 16.5. The average molecular weight is 229 g/mol. The minimum absolute atomic E-state index is 0.778. The Morgan fingerprint density at radius 3 is 2.62 bits per heavy atom. The summed E-state index contributed by atoms with van der Waals surface area (Å²) in [4.78, 5) is 4.91. The minimum atomic E-state index is 0.778. The van der Waals surface area contributed by atoms with E-state index in [1.165, 1.54) is 25.9 Å². The lowest BCUT2D eigenvalue weighted by Crippen LogP contribution is -2.44. The van der Waals surface area contributed by atoms with Gasteiger partial charge >= 0.3 is 0 Å². The van der Waals surface area contributed by atoms with Gasteiger partial charge < -0.3 is 19.9 Å². The van der Waals surface area contributed by atoms with Crippen LogP contribution >= 0.6 is 0 Å². The lowest BCUT2D eigenvalue weighted by molar-refractivity contribution is 0.143. The molecule has 0 spiro atoms. The first-order valence-electron chi connectivity index (χ1n) is 6.32. The van der Waals surface area contributed by atoms with Gasteiger partial charge in [0, 0.05) is 32.8 Å². The lowest BCUT2D eigenvalue weighted by Gasteiger charge is -2.35. The molecule has 0 atom stereocenters. The van der Waals surface area contributed by atoms with E-state index >= 15 is 0 Å². The number of likely N-dealkylation sites (tertiary alicyclic amines) is 1. The summed E-state index contributed by atoms with van der Waals surface area (Å²) in [5.41, 5.74) is 0. The third kappa shape index (κ3) is 5.25. The van der Waals surface area contributed by atoms with Gasteiger partial charge in [0.05, 0.1) is 6.61 Å². The summed E-state index contributed by atoms with van der Waals surface area (Å²) in [6.07, 6.45) is 2.62. The first-order valence-corrected chi connectivity index (χ1v) is 6.32. The predicted molar refractivity (Wildman–Crippen MR) is 67.9 cm³/mol. The molecule has 0 aromatic heterocycles. The van der Waals surface area contributed by atoms with E-state index in [9.17, 15) is 0 Å². The lowest BCUT2D eigenvalue weighted by atomic mass is 10.0. The summed E-state index contributed by atoms with van der Waals surface area (Å²) in [5, 5.41) is 3.39. The molecule has 1 rings (SSSR count).